The minimum absolute atomic E-state index is 0.0468. The van der Waals surface area contributed by atoms with Crippen molar-refractivity contribution in [1.82, 2.24) is 9.21 Å². The molecule has 2 amide bonds. The largest absolute Gasteiger partial charge is 0.495 e. The molecule has 2 unspecified atom stereocenters. The second-order valence-corrected chi connectivity index (χ2v) is 11.8. The maximum atomic E-state index is 13.9. The monoisotopic (exact) mass is 498 g/mol. The fourth-order valence-electron chi connectivity index (χ4n) is 5.17. The molecule has 1 aliphatic carbocycles. The second kappa shape index (κ2) is 10.5. The molecule has 0 spiro atoms. The number of fused-ring (bicyclic) bond motifs is 1. The first kappa shape index (κ1) is 25.4. The molecule has 0 aromatic heterocycles. The molecule has 2 aromatic carbocycles. The average Bonchev–Trinajstić information content (AvgIpc) is 3.09. The molecule has 35 heavy (non-hydrogen) atoms. The zero-order valence-electron chi connectivity index (χ0n) is 20.6. The predicted octanol–water partition coefficient (Wildman–Crippen LogP) is 4.22. The number of imide groups is 1. The van der Waals surface area contributed by atoms with Gasteiger partial charge in [0.15, 0.2) is 0 Å². The Morgan fingerprint density at radius 1 is 0.971 bits per heavy atom. The maximum Gasteiger partial charge on any atom is 0.247 e. The Balaban J connectivity index is 1.65. The Labute approximate surface area is 208 Å². The summed E-state index contributed by atoms with van der Waals surface area (Å²) < 4.78 is 34.6. The Kier molecular flexibility index (Phi) is 7.62. The summed E-state index contributed by atoms with van der Waals surface area (Å²) in [6, 6.07) is 14.4. The molecule has 1 heterocycles. The lowest BCUT2D eigenvalue weighted by atomic mass is 9.81. The number of ether oxygens (including phenoxy) is 1. The fourth-order valence-corrected chi connectivity index (χ4v) is 6.97. The molecular formula is C27H34N2O5S. The normalized spacial score (nSPS) is 20.5. The molecule has 7 nitrogen and oxygen atoms in total. The summed E-state index contributed by atoms with van der Waals surface area (Å²) in [5.74, 6) is -0.375. The Morgan fingerprint density at radius 2 is 1.60 bits per heavy atom. The number of amides is 2. The molecule has 1 saturated heterocycles. The van der Waals surface area contributed by atoms with Crippen LogP contribution >= 0.6 is 0 Å². The van der Waals surface area contributed by atoms with Crippen molar-refractivity contribution in [2.75, 3.05) is 13.7 Å². The molecule has 0 bridgehead atoms. The van der Waals surface area contributed by atoms with E-state index in [9.17, 15) is 18.0 Å². The smallest absolute Gasteiger partial charge is 0.247 e. The molecule has 4 rings (SSSR count). The molecule has 2 fully saturated rings. The van der Waals surface area contributed by atoms with Crippen molar-refractivity contribution in [3.8, 4) is 5.75 Å². The van der Waals surface area contributed by atoms with Crippen LogP contribution in [0, 0.1) is 17.8 Å². The van der Waals surface area contributed by atoms with Gasteiger partial charge in [-0.1, -0.05) is 63.1 Å². The summed E-state index contributed by atoms with van der Waals surface area (Å²) in [6.45, 7) is 4.61. The molecular weight excluding hydrogens is 464 g/mol. The third-order valence-corrected chi connectivity index (χ3v) is 8.72. The van der Waals surface area contributed by atoms with E-state index in [0.717, 1.165) is 31.2 Å². The Morgan fingerprint density at radius 3 is 2.17 bits per heavy atom. The van der Waals surface area contributed by atoms with Crippen LogP contribution in [0.3, 0.4) is 0 Å². The summed E-state index contributed by atoms with van der Waals surface area (Å²) in [4.78, 5) is 27.3. The number of hydrogen-bond donors (Lipinski definition) is 0. The van der Waals surface area contributed by atoms with Gasteiger partial charge in [0.05, 0.1) is 25.5 Å². The van der Waals surface area contributed by atoms with E-state index in [1.165, 1.54) is 16.3 Å². The van der Waals surface area contributed by atoms with Gasteiger partial charge in [0.2, 0.25) is 21.8 Å². The van der Waals surface area contributed by atoms with Gasteiger partial charge in [0, 0.05) is 13.1 Å². The van der Waals surface area contributed by atoms with Crippen molar-refractivity contribution in [3.05, 3.63) is 59.7 Å². The Bertz CT molecular complexity index is 1160. The first-order valence-corrected chi connectivity index (χ1v) is 13.7. The van der Waals surface area contributed by atoms with Crippen molar-refractivity contribution in [2.24, 2.45) is 17.8 Å². The van der Waals surface area contributed by atoms with Crippen molar-refractivity contribution in [2.45, 2.75) is 57.5 Å². The highest BCUT2D eigenvalue weighted by Gasteiger charge is 2.48. The van der Waals surface area contributed by atoms with Crippen LogP contribution < -0.4 is 4.74 Å². The molecule has 1 saturated carbocycles. The highest BCUT2D eigenvalue weighted by Crippen LogP contribution is 2.39. The van der Waals surface area contributed by atoms with Gasteiger partial charge < -0.3 is 4.74 Å². The quantitative estimate of drug-likeness (QED) is 0.484. The minimum Gasteiger partial charge on any atom is -0.495 e. The van der Waals surface area contributed by atoms with Crippen molar-refractivity contribution < 1.29 is 22.7 Å². The van der Waals surface area contributed by atoms with Crippen LogP contribution in [-0.2, 0) is 32.7 Å². The van der Waals surface area contributed by atoms with Crippen molar-refractivity contribution in [1.29, 1.82) is 0 Å². The van der Waals surface area contributed by atoms with Crippen LogP contribution in [0.5, 0.6) is 5.75 Å². The molecule has 2 aromatic rings. The van der Waals surface area contributed by atoms with Crippen LogP contribution in [0.1, 0.15) is 50.7 Å². The van der Waals surface area contributed by atoms with Gasteiger partial charge in [-0.15, -0.1) is 0 Å². The summed E-state index contributed by atoms with van der Waals surface area (Å²) in [5.41, 5.74) is 1.48. The standard InChI is InChI=1S/C27H34N2O5S/c1-19(2)16-28(17-20-9-5-4-6-10-20)35(32,33)25-15-21(13-14-24(25)34-3)18-29-26(30)22-11-7-8-12-23(22)27(29)31/h4-6,9-10,13-15,19,22-23H,7-8,11-12,16-18H2,1-3H3. The van der Waals surface area contributed by atoms with Gasteiger partial charge in [0.1, 0.15) is 10.6 Å². The number of carbonyl (C=O) groups is 2. The molecule has 2 atom stereocenters. The zero-order chi connectivity index (χ0) is 25.2. The van der Waals surface area contributed by atoms with E-state index in [-0.39, 0.29) is 53.3 Å². The van der Waals surface area contributed by atoms with E-state index in [1.807, 2.05) is 44.2 Å². The average molecular weight is 499 g/mol. The van der Waals surface area contributed by atoms with Gasteiger partial charge >= 0.3 is 0 Å². The molecule has 0 N–H and O–H groups in total. The first-order valence-electron chi connectivity index (χ1n) is 12.3. The minimum atomic E-state index is -3.92. The summed E-state index contributed by atoms with van der Waals surface area (Å²) in [5, 5.41) is 0. The number of nitrogens with zero attached hydrogens (tertiary/aromatic N) is 2. The van der Waals surface area contributed by atoms with Crippen LogP contribution in [0.4, 0.5) is 0 Å². The van der Waals surface area contributed by atoms with Crippen molar-refractivity contribution in [3.63, 3.8) is 0 Å². The van der Waals surface area contributed by atoms with E-state index in [4.69, 9.17) is 4.74 Å². The number of rotatable bonds is 9. The number of methoxy groups -OCH3 is 1. The summed E-state index contributed by atoms with van der Waals surface area (Å²) in [6.07, 6.45) is 3.42. The second-order valence-electron chi connectivity index (χ2n) is 9.92. The highest BCUT2D eigenvalue weighted by molar-refractivity contribution is 7.89. The van der Waals surface area contributed by atoms with Gasteiger partial charge in [0.25, 0.3) is 0 Å². The summed E-state index contributed by atoms with van der Waals surface area (Å²) in [7, 11) is -2.48. The molecule has 2 aliphatic rings. The lowest BCUT2D eigenvalue weighted by Gasteiger charge is -2.25. The number of carbonyl (C=O) groups excluding carboxylic acids is 2. The number of likely N-dealkylation sites (tertiary alicyclic amines) is 1. The zero-order valence-corrected chi connectivity index (χ0v) is 21.5. The maximum absolute atomic E-state index is 13.9. The molecule has 0 radical (unpaired) electrons. The van der Waals surface area contributed by atoms with E-state index in [1.54, 1.807) is 18.2 Å². The van der Waals surface area contributed by atoms with Gasteiger partial charge in [-0.2, -0.15) is 4.31 Å². The predicted molar refractivity (Wildman–Crippen MR) is 133 cm³/mol. The first-order chi connectivity index (χ1) is 16.7. The van der Waals surface area contributed by atoms with E-state index in [2.05, 4.69) is 0 Å². The lowest BCUT2D eigenvalue weighted by Crippen LogP contribution is -2.34. The third kappa shape index (κ3) is 5.28. The van der Waals surface area contributed by atoms with Crippen LogP contribution in [-0.4, -0.2) is 43.1 Å². The SMILES string of the molecule is COc1ccc(CN2C(=O)C3CCCCC3C2=O)cc1S(=O)(=O)N(Cc1ccccc1)CC(C)C. The number of benzene rings is 2. The van der Waals surface area contributed by atoms with E-state index in [0.29, 0.717) is 12.1 Å². The van der Waals surface area contributed by atoms with Gasteiger partial charge in [-0.25, -0.2) is 8.42 Å². The van der Waals surface area contributed by atoms with E-state index >= 15 is 0 Å². The third-order valence-electron chi connectivity index (χ3n) is 6.89. The molecule has 1 aliphatic heterocycles. The van der Waals surface area contributed by atoms with Gasteiger partial charge in [-0.3, -0.25) is 14.5 Å². The topological polar surface area (TPSA) is 84.0 Å². The molecule has 8 heteroatoms. The van der Waals surface area contributed by atoms with Crippen LogP contribution in [0.15, 0.2) is 53.4 Å². The lowest BCUT2D eigenvalue weighted by molar-refractivity contribution is -0.140. The number of hydrogen-bond acceptors (Lipinski definition) is 5. The van der Waals surface area contributed by atoms with Gasteiger partial charge in [-0.05, 0) is 42.0 Å². The number of sulfonamides is 1. The Hall–Kier alpha value is -2.71. The highest BCUT2D eigenvalue weighted by atomic mass is 32.2. The van der Waals surface area contributed by atoms with Crippen molar-refractivity contribution >= 4 is 21.8 Å². The fraction of sp³-hybridized carbons (Fsp3) is 0.481. The summed E-state index contributed by atoms with van der Waals surface area (Å²) >= 11 is 0. The van der Waals surface area contributed by atoms with E-state index < -0.39 is 10.0 Å². The van der Waals surface area contributed by atoms with Crippen LogP contribution in [0.25, 0.3) is 0 Å². The molecule has 188 valence electrons. The van der Waals surface area contributed by atoms with Crippen LogP contribution in [0.2, 0.25) is 0 Å².